The standard InChI is InChI=1S/C15H13N3O4/c19-11-5-3-7-16-15(11)17-13(20)8-18-10-4-1-2-6-12(10)22-9-14(18)21/h1-7,19H,8-9H2,(H,16,17,20). The number of para-hydroxylation sites is 2. The van der Waals surface area contributed by atoms with Crippen molar-refractivity contribution < 1.29 is 19.4 Å². The third kappa shape index (κ3) is 2.69. The lowest BCUT2D eigenvalue weighted by Gasteiger charge is -2.28. The molecule has 3 rings (SSSR count). The van der Waals surface area contributed by atoms with Crippen molar-refractivity contribution in [2.75, 3.05) is 23.4 Å². The third-order valence-corrected chi connectivity index (χ3v) is 3.15. The van der Waals surface area contributed by atoms with Gasteiger partial charge in [0.15, 0.2) is 18.2 Å². The number of ether oxygens (including phenoxy) is 1. The lowest BCUT2D eigenvalue weighted by molar-refractivity contribution is -0.123. The van der Waals surface area contributed by atoms with Crippen molar-refractivity contribution in [3.63, 3.8) is 0 Å². The molecule has 2 N–H and O–H groups in total. The lowest BCUT2D eigenvalue weighted by Crippen LogP contribution is -2.43. The van der Waals surface area contributed by atoms with Gasteiger partial charge in [0.25, 0.3) is 5.91 Å². The van der Waals surface area contributed by atoms with Crippen LogP contribution < -0.4 is 15.0 Å². The zero-order valence-electron chi connectivity index (χ0n) is 11.5. The molecule has 0 atom stereocenters. The fraction of sp³-hybridized carbons (Fsp3) is 0.133. The number of hydrogen-bond donors (Lipinski definition) is 2. The van der Waals surface area contributed by atoms with E-state index in [1.807, 2.05) is 0 Å². The molecular weight excluding hydrogens is 286 g/mol. The molecule has 0 saturated carbocycles. The fourth-order valence-corrected chi connectivity index (χ4v) is 2.14. The van der Waals surface area contributed by atoms with Gasteiger partial charge in [0, 0.05) is 6.20 Å². The van der Waals surface area contributed by atoms with E-state index >= 15 is 0 Å². The van der Waals surface area contributed by atoms with Crippen LogP contribution in [-0.4, -0.2) is 35.1 Å². The first-order chi connectivity index (χ1) is 10.6. The van der Waals surface area contributed by atoms with Crippen LogP contribution in [0.1, 0.15) is 0 Å². The number of anilines is 2. The molecule has 112 valence electrons. The Bertz CT molecular complexity index is 732. The Morgan fingerprint density at radius 2 is 2.14 bits per heavy atom. The summed E-state index contributed by atoms with van der Waals surface area (Å²) in [6.45, 7) is -0.297. The molecule has 2 amide bonds. The molecule has 1 aliphatic rings. The van der Waals surface area contributed by atoms with Gasteiger partial charge in [0.05, 0.1) is 5.69 Å². The number of rotatable bonds is 3. The number of benzene rings is 1. The van der Waals surface area contributed by atoms with Crippen LogP contribution in [-0.2, 0) is 9.59 Å². The van der Waals surface area contributed by atoms with Crippen LogP contribution in [0.3, 0.4) is 0 Å². The van der Waals surface area contributed by atoms with Crippen LogP contribution in [0.15, 0.2) is 42.6 Å². The molecule has 1 aliphatic heterocycles. The van der Waals surface area contributed by atoms with E-state index in [1.165, 1.54) is 17.2 Å². The molecule has 0 saturated heterocycles. The number of fused-ring (bicyclic) bond motifs is 1. The first-order valence-corrected chi connectivity index (χ1v) is 6.61. The minimum atomic E-state index is -0.459. The summed E-state index contributed by atoms with van der Waals surface area (Å²) in [6, 6.07) is 9.95. The Morgan fingerprint density at radius 3 is 2.95 bits per heavy atom. The highest BCUT2D eigenvalue weighted by Gasteiger charge is 2.27. The molecule has 7 heteroatoms. The molecule has 1 aromatic carbocycles. The Labute approximate surface area is 126 Å². The van der Waals surface area contributed by atoms with Crippen LogP contribution in [0.2, 0.25) is 0 Å². The molecule has 0 bridgehead atoms. The molecular formula is C15H13N3O4. The number of hydrogen-bond acceptors (Lipinski definition) is 5. The predicted molar refractivity (Wildman–Crippen MR) is 78.8 cm³/mol. The van der Waals surface area contributed by atoms with Crippen molar-refractivity contribution in [3.8, 4) is 11.5 Å². The number of nitrogens with zero attached hydrogens (tertiary/aromatic N) is 2. The first-order valence-electron chi connectivity index (χ1n) is 6.61. The average Bonchev–Trinajstić information content (AvgIpc) is 2.52. The molecule has 0 fully saturated rings. The zero-order valence-corrected chi connectivity index (χ0v) is 11.5. The minimum Gasteiger partial charge on any atom is -0.504 e. The third-order valence-electron chi connectivity index (χ3n) is 3.15. The molecule has 0 radical (unpaired) electrons. The molecule has 1 aromatic heterocycles. The summed E-state index contributed by atoms with van der Waals surface area (Å²) >= 11 is 0. The number of amides is 2. The van der Waals surface area contributed by atoms with Crippen LogP contribution in [0.25, 0.3) is 0 Å². The van der Waals surface area contributed by atoms with E-state index < -0.39 is 5.91 Å². The smallest absolute Gasteiger partial charge is 0.265 e. The van der Waals surface area contributed by atoms with Gasteiger partial charge in [-0.1, -0.05) is 12.1 Å². The maximum atomic E-state index is 12.1. The largest absolute Gasteiger partial charge is 0.504 e. The van der Waals surface area contributed by atoms with Gasteiger partial charge in [-0.3, -0.25) is 14.5 Å². The maximum absolute atomic E-state index is 12.1. The number of aromatic nitrogens is 1. The van der Waals surface area contributed by atoms with E-state index in [-0.39, 0.29) is 30.6 Å². The highest BCUT2D eigenvalue weighted by atomic mass is 16.5. The van der Waals surface area contributed by atoms with Crippen molar-refractivity contribution in [1.29, 1.82) is 0 Å². The van der Waals surface area contributed by atoms with Gasteiger partial charge in [-0.05, 0) is 24.3 Å². The second kappa shape index (κ2) is 5.72. The molecule has 0 unspecified atom stereocenters. The summed E-state index contributed by atoms with van der Waals surface area (Å²) in [5.74, 6) is -0.292. The molecule has 0 spiro atoms. The van der Waals surface area contributed by atoms with Gasteiger partial charge in [0.1, 0.15) is 12.3 Å². The second-order valence-corrected chi connectivity index (χ2v) is 4.66. The Balaban J connectivity index is 1.77. The highest BCUT2D eigenvalue weighted by Crippen LogP contribution is 2.31. The predicted octanol–water partition coefficient (Wildman–Crippen LogP) is 1.15. The quantitative estimate of drug-likeness (QED) is 0.887. The van der Waals surface area contributed by atoms with Crippen LogP contribution >= 0.6 is 0 Å². The molecule has 7 nitrogen and oxygen atoms in total. The van der Waals surface area contributed by atoms with E-state index in [9.17, 15) is 14.7 Å². The summed E-state index contributed by atoms with van der Waals surface area (Å²) < 4.78 is 5.31. The second-order valence-electron chi connectivity index (χ2n) is 4.66. The molecule has 2 aromatic rings. The van der Waals surface area contributed by atoms with Gasteiger partial charge in [-0.15, -0.1) is 0 Å². The summed E-state index contributed by atoms with van der Waals surface area (Å²) in [7, 11) is 0. The molecule has 22 heavy (non-hydrogen) atoms. The van der Waals surface area contributed by atoms with Crippen molar-refractivity contribution in [2.24, 2.45) is 0 Å². The van der Waals surface area contributed by atoms with E-state index in [4.69, 9.17) is 4.74 Å². The van der Waals surface area contributed by atoms with E-state index in [1.54, 1.807) is 30.3 Å². The normalized spacial score (nSPS) is 13.3. The van der Waals surface area contributed by atoms with E-state index in [0.29, 0.717) is 11.4 Å². The zero-order chi connectivity index (χ0) is 15.5. The Kier molecular flexibility index (Phi) is 3.61. The number of nitrogens with one attached hydrogen (secondary N) is 1. The highest BCUT2D eigenvalue weighted by molar-refractivity contribution is 6.04. The van der Waals surface area contributed by atoms with Crippen molar-refractivity contribution in [1.82, 2.24) is 4.98 Å². The van der Waals surface area contributed by atoms with Gasteiger partial charge in [-0.25, -0.2) is 4.98 Å². The fourth-order valence-electron chi connectivity index (χ4n) is 2.14. The number of carbonyl (C=O) groups is 2. The first kappa shape index (κ1) is 13.9. The lowest BCUT2D eigenvalue weighted by atomic mass is 10.2. The monoisotopic (exact) mass is 299 g/mol. The van der Waals surface area contributed by atoms with E-state index in [2.05, 4.69) is 10.3 Å². The van der Waals surface area contributed by atoms with Crippen LogP contribution in [0.4, 0.5) is 11.5 Å². The Hall–Kier alpha value is -3.09. The van der Waals surface area contributed by atoms with Crippen molar-refractivity contribution >= 4 is 23.3 Å². The molecule has 2 heterocycles. The van der Waals surface area contributed by atoms with Gasteiger partial charge < -0.3 is 15.2 Å². The number of pyridine rings is 1. The summed E-state index contributed by atoms with van der Waals surface area (Å²) in [4.78, 5) is 29.3. The SMILES string of the molecule is O=C(CN1C(=O)COc2ccccc21)Nc1ncccc1O. The molecule has 0 aliphatic carbocycles. The van der Waals surface area contributed by atoms with Crippen molar-refractivity contribution in [2.45, 2.75) is 0 Å². The summed E-state index contributed by atoms with van der Waals surface area (Å²) in [5.41, 5.74) is 0.541. The van der Waals surface area contributed by atoms with Crippen LogP contribution in [0, 0.1) is 0 Å². The Morgan fingerprint density at radius 1 is 1.32 bits per heavy atom. The van der Waals surface area contributed by atoms with E-state index in [0.717, 1.165) is 0 Å². The number of aromatic hydroxyl groups is 1. The number of carbonyl (C=O) groups excluding carboxylic acids is 2. The van der Waals surface area contributed by atoms with Gasteiger partial charge in [-0.2, -0.15) is 0 Å². The maximum Gasteiger partial charge on any atom is 0.265 e. The van der Waals surface area contributed by atoms with Crippen molar-refractivity contribution in [3.05, 3.63) is 42.6 Å². The van der Waals surface area contributed by atoms with Gasteiger partial charge in [0.2, 0.25) is 5.91 Å². The topological polar surface area (TPSA) is 91.8 Å². The van der Waals surface area contributed by atoms with Gasteiger partial charge >= 0.3 is 0 Å². The average molecular weight is 299 g/mol. The summed E-state index contributed by atoms with van der Waals surface area (Å²) in [6.07, 6.45) is 1.45. The minimum absolute atomic E-state index is 0.0569. The van der Waals surface area contributed by atoms with Crippen LogP contribution in [0.5, 0.6) is 11.5 Å². The summed E-state index contributed by atoms with van der Waals surface area (Å²) in [5, 5.41) is 12.1.